The fourth-order valence-electron chi connectivity index (χ4n) is 9.83. The summed E-state index contributed by atoms with van der Waals surface area (Å²) in [4.78, 5) is 2.39. The van der Waals surface area contributed by atoms with E-state index in [1.807, 2.05) is 0 Å². The van der Waals surface area contributed by atoms with Gasteiger partial charge in [-0.05, 0) is 145 Å². The number of aromatic nitrogens is 1. The van der Waals surface area contributed by atoms with Crippen molar-refractivity contribution < 1.29 is 0 Å². The molecule has 1 aliphatic carbocycles. The van der Waals surface area contributed by atoms with Gasteiger partial charge >= 0.3 is 0 Å². The molecular weight excluding hydrogens is 749 g/mol. The van der Waals surface area contributed by atoms with Crippen molar-refractivity contribution >= 4 is 66.4 Å². The molecule has 12 rings (SSSR count). The zero-order valence-corrected chi connectivity index (χ0v) is 34.2. The van der Waals surface area contributed by atoms with Crippen LogP contribution >= 0.6 is 0 Å². The van der Waals surface area contributed by atoms with Crippen LogP contribution in [0.5, 0.6) is 0 Å². The Kier molecular flexibility index (Phi) is 8.67. The highest BCUT2D eigenvalue weighted by Crippen LogP contribution is 2.42. The van der Waals surface area contributed by atoms with Gasteiger partial charge in [0, 0.05) is 39.4 Å². The van der Waals surface area contributed by atoms with Crippen LogP contribution in [0.3, 0.4) is 0 Å². The first kappa shape index (κ1) is 36.0. The first-order chi connectivity index (χ1) is 30.7. The van der Waals surface area contributed by atoms with E-state index in [9.17, 15) is 0 Å². The van der Waals surface area contributed by atoms with Gasteiger partial charge in [0.15, 0.2) is 0 Å². The zero-order chi connectivity index (χ0) is 41.0. The normalized spacial score (nSPS) is 12.3. The van der Waals surface area contributed by atoms with Crippen molar-refractivity contribution in [1.29, 1.82) is 0 Å². The van der Waals surface area contributed by atoms with Crippen molar-refractivity contribution in [2.45, 2.75) is 12.8 Å². The lowest BCUT2D eigenvalue weighted by atomic mass is 9.93. The van der Waals surface area contributed by atoms with Gasteiger partial charge in [-0.15, -0.1) is 0 Å². The molecule has 0 unspecified atom stereocenters. The Labute approximate surface area is 361 Å². The summed E-state index contributed by atoms with van der Waals surface area (Å²) in [6.07, 6.45) is 6.75. The molecule has 0 saturated heterocycles. The highest BCUT2D eigenvalue weighted by atomic mass is 15.1. The second-order valence-electron chi connectivity index (χ2n) is 16.4. The molecule has 0 atom stereocenters. The SMILES string of the molecule is C1=Cc2c(n(-c3ccccc3)c3cccc(-c4cccc(-c5cccc(N(c6ccc(-c7ccc8c(ccc9ccccc98)c7)cc6)c6ccc7ccccc7c6)c5)c4)c23)CC1. The Morgan fingerprint density at radius 2 is 1.03 bits per heavy atom. The number of hydrogen-bond donors (Lipinski definition) is 0. The van der Waals surface area contributed by atoms with Gasteiger partial charge in [0.1, 0.15) is 0 Å². The largest absolute Gasteiger partial charge is 0.313 e. The molecule has 292 valence electrons. The van der Waals surface area contributed by atoms with E-state index in [0.717, 1.165) is 29.9 Å². The fourth-order valence-corrected chi connectivity index (χ4v) is 9.83. The van der Waals surface area contributed by atoms with Crippen LogP contribution < -0.4 is 4.90 Å². The predicted molar refractivity (Wildman–Crippen MR) is 264 cm³/mol. The third-order valence-corrected chi connectivity index (χ3v) is 12.8. The van der Waals surface area contributed by atoms with Gasteiger partial charge in [-0.25, -0.2) is 0 Å². The lowest BCUT2D eigenvalue weighted by molar-refractivity contribution is 0.888. The summed E-state index contributed by atoms with van der Waals surface area (Å²) >= 11 is 0. The highest BCUT2D eigenvalue weighted by Gasteiger charge is 2.22. The second-order valence-corrected chi connectivity index (χ2v) is 16.4. The molecule has 0 N–H and O–H groups in total. The van der Waals surface area contributed by atoms with Crippen LogP contribution in [0.2, 0.25) is 0 Å². The fraction of sp³-hybridized carbons (Fsp3) is 0.0333. The molecule has 2 nitrogen and oxygen atoms in total. The smallest absolute Gasteiger partial charge is 0.0543 e. The number of nitrogens with zero attached hydrogens (tertiary/aromatic N) is 2. The Hall–Kier alpha value is -7.94. The molecule has 0 fully saturated rings. The molecule has 0 aliphatic heterocycles. The molecule has 0 radical (unpaired) electrons. The van der Waals surface area contributed by atoms with E-state index < -0.39 is 0 Å². The molecule has 0 saturated carbocycles. The van der Waals surface area contributed by atoms with E-state index in [1.54, 1.807) is 0 Å². The number of anilines is 3. The summed E-state index contributed by atoms with van der Waals surface area (Å²) in [6, 6.07) is 80.1. The summed E-state index contributed by atoms with van der Waals surface area (Å²) in [6.45, 7) is 0. The summed E-state index contributed by atoms with van der Waals surface area (Å²) in [7, 11) is 0. The molecule has 1 aromatic heterocycles. The summed E-state index contributed by atoms with van der Waals surface area (Å²) in [5.74, 6) is 0. The first-order valence-corrected chi connectivity index (χ1v) is 21.6. The van der Waals surface area contributed by atoms with Gasteiger partial charge in [0.05, 0.1) is 5.52 Å². The number of fused-ring (bicyclic) bond motifs is 7. The molecule has 0 spiro atoms. The summed E-state index contributed by atoms with van der Waals surface area (Å²) in [5.41, 5.74) is 15.8. The maximum Gasteiger partial charge on any atom is 0.0543 e. The summed E-state index contributed by atoms with van der Waals surface area (Å²) in [5, 5.41) is 8.86. The Balaban J connectivity index is 0.942. The lowest BCUT2D eigenvalue weighted by Crippen LogP contribution is -2.10. The van der Waals surface area contributed by atoms with Crippen LogP contribution in [-0.2, 0) is 6.42 Å². The minimum atomic E-state index is 1.03. The molecule has 2 heteroatoms. The lowest BCUT2D eigenvalue weighted by Gasteiger charge is -2.26. The van der Waals surface area contributed by atoms with Crippen LogP contribution in [0, 0.1) is 0 Å². The number of para-hydroxylation sites is 1. The van der Waals surface area contributed by atoms with Crippen LogP contribution in [0.1, 0.15) is 17.7 Å². The molecule has 1 heterocycles. The molecule has 62 heavy (non-hydrogen) atoms. The summed E-state index contributed by atoms with van der Waals surface area (Å²) < 4.78 is 2.47. The van der Waals surface area contributed by atoms with Gasteiger partial charge < -0.3 is 9.47 Å². The van der Waals surface area contributed by atoms with Crippen molar-refractivity contribution in [3.8, 4) is 39.1 Å². The Morgan fingerprint density at radius 3 is 1.92 bits per heavy atom. The van der Waals surface area contributed by atoms with Crippen molar-refractivity contribution in [2.75, 3.05) is 4.90 Å². The highest BCUT2D eigenvalue weighted by molar-refractivity contribution is 6.08. The molecule has 11 aromatic rings. The predicted octanol–water partition coefficient (Wildman–Crippen LogP) is 16.5. The van der Waals surface area contributed by atoms with E-state index >= 15 is 0 Å². The maximum absolute atomic E-state index is 2.47. The van der Waals surface area contributed by atoms with E-state index in [1.165, 1.54) is 93.5 Å². The first-order valence-electron chi connectivity index (χ1n) is 21.6. The van der Waals surface area contributed by atoms with Crippen molar-refractivity contribution in [3.05, 3.63) is 236 Å². The number of hydrogen-bond acceptors (Lipinski definition) is 1. The molecule has 0 amide bonds. The van der Waals surface area contributed by atoms with E-state index in [2.05, 4.69) is 240 Å². The van der Waals surface area contributed by atoms with Crippen LogP contribution in [-0.4, -0.2) is 4.57 Å². The van der Waals surface area contributed by atoms with Crippen molar-refractivity contribution in [3.63, 3.8) is 0 Å². The number of rotatable bonds is 7. The van der Waals surface area contributed by atoms with Crippen LogP contribution in [0.25, 0.3) is 88.4 Å². The minimum absolute atomic E-state index is 1.03. The maximum atomic E-state index is 2.47. The Morgan fingerprint density at radius 1 is 0.387 bits per heavy atom. The number of benzene rings is 10. The zero-order valence-electron chi connectivity index (χ0n) is 34.2. The van der Waals surface area contributed by atoms with Gasteiger partial charge in [0.2, 0.25) is 0 Å². The van der Waals surface area contributed by atoms with Gasteiger partial charge in [0.25, 0.3) is 0 Å². The monoisotopic (exact) mass is 790 g/mol. The van der Waals surface area contributed by atoms with Gasteiger partial charge in [-0.3, -0.25) is 0 Å². The quantitative estimate of drug-likeness (QED) is 0.146. The average molecular weight is 791 g/mol. The third-order valence-electron chi connectivity index (χ3n) is 12.8. The van der Waals surface area contributed by atoms with E-state index in [-0.39, 0.29) is 0 Å². The van der Waals surface area contributed by atoms with E-state index in [4.69, 9.17) is 0 Å². The van der Waals surface area contributed by atoms with Crippen LogP contribution in [0.4, 0.5) is 17.1 Å². The molecular formula is C60H42N2. The Bertz CT molecular complexity index is 3520. The molecule has 10 aromatic carbocycles. The third kappa shape index (κ3) is 6.19. The minimum Gasteiger partial charge on any atom is -0.313 e. The standard InChI is InChI=1S/C60H42N2/c1-2-19-50(20-3-1)62-58-25-9-8-23-57(58)60-56(24-12-26-59(60)62)48-18-10-16-44(37-48)46-17-11-21-52(40-46)61(53-35-31-41-13-4-5-15-45(41)39-53)51-33-29-42(30-34-51)47-32-36-55-49(38-47)28-27-43-14-6-7-22-54(43)55/h1-8,10-24,26-40H,9,25H2. The molecule has 1 aliphatic rings. The molecule has 0 bridgehead atoms. The van der Waals surface area contributed by atoms with E-state index in [0.29, 0.717) is 0 Å². The van der Waals surface area contributed by atoms with Gasteiger partial charge in [-0.1, -0.05) is 164 Å². The van der Waals surface area contributed by atoms with Crippen LogP contribution in [0.15, 0.2) is 224 Å². The topological polar surface area (TPSA) is 8.17 Å². The van der Waals surface area contributed by atoms with Crippen molar-refractivity contribution in [1.82, 2.24) is 4.57 Å². The van der Waals surface area contributed by atoms with Gasteiger partial charge in [-0.2, -0.15) is 0 Å². The number of allylic oxidation sites excluding steroid dienone is 1. The van der Waals surface area contributed by atoms with Crippen molar-refractivity contribution in [2.24, 2.45) is 0 Å². The average Bonchev–Trinajstić information content (AvgIpc) is 3.69. The second kappa shape index (κ2) is 15.0.